The normalized spacial score (nSPS) is 26.7. The SMILES string of the molecule is CC(C)OCC1CCCN1C. The Morgan fingerprint density at radius 1 is 1.55 bits per heavy atom. The number of likely N-dealkylation sites (N-methyl/N-ethyl adjacent to an activating group) is 1. The van der Waals surface area contributed by atoms with Crippen molar-refractivity contribution in [2.75, 3.05) is 20.2 Å². The van der Waals surface area contributed by atoms with Gasteiger partial charge in [-0.25, -0.2) is 0 Å². The lowest BCUT2D eigenvalue weighted by Gasteiger charge is -2.20. The van der Waals surface area contributed by atoms with Crippen LogP contribution in [0.1, 0.15) is 26.7 Å². The number of ether oxygens (including phenoxy) is 1. The Bertz CT molecular complexity index is 114. The molecule has 1 rings (SSSR count). The van der Waals surface area contributed by atoms with Crippen LogP contribution in [0.25, 0.3) is 0 Å². The summed E-state index contributed by atoms with van der Waals surface area (Å²) in [6, 6.07) is 0.678. The van der Waals surface area contributed by atoms with E-state index in [-0.39, 0.29) is 0 Å². The fourth-order valence-electron chi connectivity index (χ4n) is 1.49. The molecule has 0 spiro atoms. The lowest BCUT2D eigenvalue weighted by Crippen LogP contribution is -2.30. The van der Waals surface area contributed by atoms with Crippen LogP contribution in [-0.4, -0.2) is 37.2 Å². The molecule has 1 saturated heterocycles. The average molecular weight is 157 g/mol. The van der Waals surface area contributed by atoms with Gasteiger partial charge < -0.3 is 9.64 Å². The standard InChI is InChI=1S/C9H19NO/c1-8(2)11-7-9-5-4-6-10(9)3/h8-9H,4-7H2,1-3H3. The predicted octanol–water partition coefficient (Wildman–Crippen LogP) is 1.51. The van der Waals surface area contributed by atoms with Crippen LogP contribution in [0.5, 0.6) is 0 Å². The molecular weight excluding hydrogens is 138 g/mol. The van der Waals surface area contributed by atoms with Gasteiger partial charge in [-0.3, -0.25) is 0 Å². The van der Waals surface area contributed by atoms with E-state index in [0.29, 0.717) is 12.1 Å². The van der Waals surface area contributed by atoms with Crippen molar-refractivity contribution in [3.8, 4) is 0 Å². The number of rotatable bonds is 3. The highest BCUT2D eigenvalue weighted by atomic mass is 16.5. The second kappa shape index (κ2) is 4.07. The second-order valence-electron chi connectivity index (χ2n) is 3.66. The minimum atomic E-state index is 0.379. The molecular formula is C9H19NO. The maximum Gasteiger partial charge on any atom is 0.0625 e. The molecule has 2 nitrogen and oxygen atoms in total. The highest BCUT2D eigenvalue weighted by Gasteiger charge is 2.20. The quantitative estimate of drug-likeness (QED) is 0.615. The third-order valence-corrected chi connectivity index (χ3v) is 2.29. The monoisotopic (exact) mass is 157 g/mol. The summed E-state index contributed by atoms with van der Waals surface area (Å²) < 4.78 is 5.55. The molecule has 0 aromatic rings. The van der Waals surface area contributed by atoms with Crippen LogP contribution >= 0.6 is 0 Å². The first-order valence-electron chi connectivity index (χ1n) is 4.52. The number of hydrogen-bond acceptors (Lipinski definition) is 2. The van der Waals surface area contributed by atoms with Gasteiger partial charge in [0.05, 0.1) is 12.7 Å². The van der Waals surface area contributed by atoms with E-state index in [1.807, 2.05) is 0 Å². The van der Waals surface area contributed by atoms with Crippen LogP contribution in [0, 0.1) is 0 Å². The molecule has 0 amide bonds. The van der Waals surface area contributed by atoms with Crippen molar-refractivity contribution in [2.45, 2.75) is 38.8 Å². The zero-order valence-electron chi connectivity index (χ0n) is 7.84. The molecule has 2 heteroatoms. The van der Waals surface area contributed by atoms with Crippen LogP contribution in [0.3, 0.4) is 0 Å². The largest absolute Gasteiger partial charge is 0.377 e. The highest BCUT2D eigenvalue weighted by Crippen LogP contribution is 2.14. The summed E-state index contributed by atoms with van der Waals surface area (Å²) in [5.74, 6) is 0. The van der Waals surface area contributed by atoms with Crippen molar-refractivity contribution >= 4 is 0 Å². The molecule has 0 saturated carbocycles. The average Bonchev–Trinajstić information content (AvgIpc) is 2.31. The first-order chi connectivity index (χ1) is 5.20. The van der Waals surface area contributed by atoms with Crippen molar-refractivity contribution in [2.24, 2.45) is 0 Å². The van der Waals surface area contributed by atoms with Crippen LogP contribution < -0.4 is 0 Å². The molecule has 1 aliphatic rings. The summed E-state index contributed by atoms with van der Waals surface area (Å²) >= 11 is 0. The third kappa shape index (κ3) is 2.80. The molecule has 0 radical (unpaired) electrons. The summed E-state index contributed by atoms with van der Waals surface area (Å²) in [6.45, 7) is 6.34. The molecule has 0 aliphatic carbocycles. The van der Waals surface area contributed by atoms with Gasteiger partial charge in [-0.1, -0.05) is 0 Å². The fourth-order valence-corrected chi connectivity index (χ4v) is 1.49. The predicted molar refractivity (Wildman–Crippen MR) is 46.7 cm³/mol. The van der Waals surface area contributed by atoms with E-state index in [2.05, 4.69) is 25.8 Å². The van der Waals surface area contributed by atoms with Crippen LogP contribution in [0.15, 0.2) is 0 Å². The van der Waals surface area contributed by atoms with Gasteiger partial charge in [0.1, 0.15) is 0 Å². The Kier molecular flexibility index (Phi) is 3.34. The zero-order valence-corrected chi connectivity index (χ0v) is 7.84. The van der Waals surface area contributed by atoms with E-state index in [9.17, 15) is 0 Å². The third-order valence-electron chi connectivity index (χ3n) is 2.29. The first kappa shape index (κ1) is 9.01. The molecule has 1 heterocycles. The van der Waals surface area contributed by atoms with E-state index in [4.69, 9.17) is 4.74 Å². The Morgan fingerprint density at radius 2 is 2.27 bits per heavy atom. The summed E-state index contributed by atoms with van der Waals surface area (Å²) in [6.07, 6.45) is 3.02. The van der Waals surface area contributed by atoms with Gasteiger partial charge in [0.2, 0.25) is 0 Å². The number of nitrogens with zero attached hydrogens (tertiary/aromatic N) is 1. The van der Waals surface area contributed by atoms with E-state index >= 15 is 0 Å². The Labute approximate surface area is 69.5 Å². The minimum absolute atomic E-state index is 0.379. The highest BCUT2D eigenvalue weighted by molar-refractivity contribution is 4.75. The topological polar surface area (TPSA) is 12.5 Å². The lowest BCUT2D eigenvalue weighted by atomic mass is 10.2. The van der Waals surface area contributed by atoms with Crippen LogP contribution in [0.2, 0.25) is 0 Å². The van der Waals surface area contributed by atoms with Crippen molar-refractivity contribution in [1.82, 2.24) is 4.90 Å². The van der Waals surface area contributed by atoms with E-state index in [0.717, 1.165) is 6.61 Å². The second-order valence-corrected chi connectivity index (χ2v) is 3.66. The van der Waals surface area contributed by atoms with Crippen molar-refractivity contribution in [1.29, 1.82) is 0 Å². The van der Waals surface area contributed by atoms with Gasteiger partial charge in [-0.15, -0.1) is 0 Å². The van der Waals surface area contributed by atoms with Gasteiger partial charge in [-0.2, -0.15) is 0 Å². The Balaban J connectivity index is 2.15. The van der Waals surface area contributed by atoms with Gasteiger partial charge in [-0.05, 0) is 40.3 Å². The summed E-state index contributed by atoms with van der Waals surface area (Å²) in [5, 5.41) is 0. The molecule has 1 atom stereocenters. The molecule has 0 aromatic heterocycles. The zero-order chi connectivity index (χ0) is 8.27. The number of likely N-dealkylation sites (tertiary alicyclic amines) is 1. The first-order valence-corrected chi connectivity index (χ1v) is 4.52. The van der Waals surface area contributed by atoms with Gasteiger partial charge >= 0.3 is 0 Å². The fraction of sp³-hybridized carbons (Fsp3) is 1.00. The molecule has 0 bridgehead atoms. The summed E-state index contributed by atoms with van der Waals surface area (Å²) in [4.78, 5) is 2.39. The minimum Gasteiger partial charge on any atom is -0.377 e. The van der Waals surface area contributed by atoms with Crippen molar-refractivity contribution in [3.05, 3.63) is 0 Å². The molecule has 1 unspecified atom stereocenters. The maximum atomic E-state index is 5.55. The van der Waals surface area contributed by atoms with E-state index in [1.165, 1.54) is 19.4 Å². The maximum absolute atomic E-state index is 5.55. The Morgan fingerprint density at radius 3 is 2.73 bits per heavy atom. The Hall–Kier alpha value is -0.0800. The van der Waals surface area contributed by atoms with Crippen molar-refractivity contribution < 1.29 is 4.74 Å². The molecule has 1 fully saturated rings. The van der Waals surface area contributed by atoms with E-state index in [1.54, 1.807) is 0 Å². The summed E-state index contributed by atoms with van der Waals surface area (Å²) in [7, 11) is 2.18. The molecule has 66 valence electrons. The van der Waals surface area contributed by atoms with Gasteiger partial charge in [0.15, 0.2) is 0 Å². The molecule has 11 heavy (non-hydrogen) atoms. The molecule has 1 aliphatic heterocycles. The van der Waals surface area contributed by atoms with Crippen LogP contribution in [-0.2, 0) is 4.74 Å². The van der Waals surface area contributed by atoms with E-state index < -0.39 is 0 Å². The molecule has 0 N–H and O–H groups in total. The van der Waals surface area contributed by atoms with Crippen LogP contribution in [0.4, 0.5) is 0 Å². The van der Waals surface area contributed by atoms with Crippen molar-refractivity contribution in [3.63, 3.8) is 0 Å². The summed E-state index contributed by atoms with van der Waals surface area (Å²) in [5.41, 5.74) is 0. The number of hydrogen-bond donors (Lipinski definition) is 0. The molecule has 0 aromatic carbocycles. The lowest BCUT2D eigenvalue weighted by molar-refractivity contribution is 0.0432. The van der Waals surface area contributed by atoms with Gasteiger partial charge in [0.25, 0.3) is 0 Å². The smallest absolute Gasteiger partial charge is 0.0625 e. The van der Waals surface area contributed by atoms with Gasteiger partial charge in [0, 0.05) is 6.04 Å².